The van der Waals surface area contributed by atoms with Crippen molar-refractivity contribution in [1.82, 2.24) is 10.2 Å². The van der Waals surface area contributed by atoms with Gasteiger partial charge in [-0.25, -0.2) is 0 Å². The van der Waals surface area contributed by atoms with Crippen LogP contribution in [0.1, 0.15) is 13.3 Å². The summed E-state index contributed by atoms with van der Waals surface area (Å²) >= 11 is 1.24. The number of hydrogen-bond acceptors (Lipinski definition) is 7. The highest BCUT2D eigenvalue weighted by atomic mass is 32.2. The van der Waals surface area contributed by atoms with E-state index in [1.807, 2.05) is 0 Å². The third-order valence-corrected chi connectivity index (χ3v) is 4.18. The molecule has 2 amide bonds. The number of nitrogens with one attached hydrogen (secondary N) is 2. The SMILES string of the molecule is CCC(=O)Nc1ccc(SCC(=O)Nc2ccc(OC)cc2OC)nn1. The maximum absolute atomic E-state index is 12.1. The molecule has 0 aliphatic rings. The highest BCUT2D eigenvalue weighted by Gasteiger charge is 2.10. The first-order valence-corrected chi connectivity index (χ1v) is 8.82. The van der Waals surface area contributed by atoms with Crippen molar-refractivity contribution in [3.8, 4) is 11.5 Å². The van der Waals surface area contributed by atoms with Gasteiger partial charge in [-0.1, -0.05) is 18.7 Å². The van der Waals surface area contributed by atoms with Gasteiger partial charge in [0.05, 0.1) is 25.7 Å². The Morgan fingerprint density at radius 1 is 1.04 bits per heavy atom. The molecule has 0 fully saturated rings. The maximum atomic E-state index is 12.1. The van der Waals surface area contributed by atoms with Crippen molar-refractivity contribution in [1.29, 1.82) is 0 Å². The summed E-state index contributed by atoms with van der Waals surface area (Å²) < 4.78 is 10.4. The van der Waals surface area contributed by atoms with E-state index in [9.17, 15) is 9.59 Å². The van der Waals surface area contributed by atoms with Crippen LogP contribution in [-0.2, 0) is 9.59 Å². The molecule has 1 aromatic heterocycles. The zero-order chi connectivity index (χ0) is 18.9. The number of carbonyl (C=O) groups is 2. The van der Waals surface area contributed by atoms with Crippen molar-refractivity contribution in [2.45, 2.75) is 18.4 Å². The highest BCUT2D eigenvalue weighted by molar-refractivity contribution is 7.99. The molecule has 2 aromatic rings. The number of nitrogens with zero attached hydrogens (tertiary/aromatic N) is 2. The van der Waals surface area contributed by atoms with E-state index in [1.54, 1.807) is 44.4 Å². The van der Waals surface area contributed by atoms with E-state index in [-0.39, 0.29) is 17.6 Å². The van der Waals surface area contributed by atoms with Crippen molar-refractivity contribution >= 4 is 35.1 Å². The van der Waals surface area contributed by atoms with Gasteiger partial charge < -0.3 is 20.1 Å². The number of aromatic nitrogens is 2. The number of rotatable bonds is 8. The van der Waals surface area contributed by atoms with Crippen LogP contribution in [0.3, 0.4) is 0 Å². The monoisotopic (exact) mass is 376 g/mol. The van der Waals surface area contributed by atoms with Gasteiger partial charge in [-0.15, -0.1) is 10.2 Å². The van der Waals surface area contributed by atoms with Crippen molar-refractivity contribution in [2.75, 3.05) is 30.6 Å². The van der Waals surface area contributed by atoms with Crippen LogP contribution in [0.15, 0.2) is 35.4 Å². The van der Waals surface area contributed by atoms with E-state index in [4.69, 9.17) is 9.47 Å². The molecular weight excluding hydrogens is 356 g/mol. The van der Waals surface area contributed by atoms with Crippen LogP contribution in [-0.4, -0.2) is 42.0 Å². The lowest BCUT2D eigenvalue weighted by Crippen LogP contribution is -2.15. The Morgan fingerprint density at radius 3 is 2.46 bits per heavy atom. The number of anilines is 2. The second kappa shape index (κ2) is 9.62. The second-order valence-corrected chi connectivity index (χ2v) is 6.06. The molecule has 0 bridgehead atoms. The van der Waals surface area contributed by atoms with Gasteiger partial charge in [0.1, 0.15) is 16.5 Å². The molecule has 0 saturated heterocycles. The number of hydrogen-bond donors (Lipinski definition) is 2. The van der Waals surface area contributed by atoms with E-state index in [0.717, 1.165) is 0 Å². The lowest BCUT2D eigenvalue weighted by molar-refractivity contribution is -0.116. The summed E-state index contributed by atoms with van der Waals surface area (Å²) in [6.45, 7) is 1.75. The fraction of sp³-hybridized carbons (Fsp3) is 0.294. The number of thioether (sulfide) groups is 1. The van der Waals surface area contributed by atoms with E-state index >= 15 is 0 Å². The molecule has 0 radical (unpaired) electrons. The molecule has 1 aromatic carbocycles. The minimum atomic E-state index is -0.205. The number of ether oxygens (including phenoxy) is 2. The minimum Gasteiger partial charge on any atom is -0.497 e. The summed E-state index contributed by atoms with van der Waals surface area (Å²) in [5.74, 6) is 1.35. The molecule has 0 aliphatic heterocycles. The molecule has 138 valence electrons. The Morgan fingerprint density at radius 2 is 1.85 bits per heavy atom. The van der Waals surface area contributed by atoms with Crippen LogP contribution in [0.25, 0.3) is 0 Å². The average Bonchev–Trinajstić information content (AvgIpc) is 2.67. The zero-order valence-electron chi connectivity index (χ0n) is 14.7. The molecular formula is C17H20N4O4S. The van der Waals surface area contributed by atoms with Gasteiger partial charge in [0.15, 0.2) is 5.82 Å². The summed E-state index contributed by atoms with van der Waals surface area (Å²) in [6.07, 6.45) is 0.368. The zero-order valence-corrected chi connectivity index (χ0v) is 15.6. The van der Waals surface area contributed by atoms with Gasteiger partial charge in [0.2, 0.25) is 11.8 Å². The van der Waals surface area contributed by atoms with Crippen molar-refractivity contribution < 1.29 is 19.1 Å². The van der Waals surface area contributed by atoms with E-state index < -0.39 is 0 Å². The van der Waals surface area contributed by atoms with Crippen LogP contribution in [0.2, 0.25) is 0 Å². The summed E-state index contributed by atoms with van der Waals surface area (Å²) in [5.41, 5.74) is 0.558. The fourth-order valence-electron chi connectivity index (χ4n) is 1.92. The molecule has 0 spiro atoms. The Kier molecular flexibility index (Phi) is 7.22. The number of benzene rings is 1. The molecule has 2 rings (SSSR count). The van der Waals surface area contributed by atoms with Crippen LogP contribution in [0.5, 0.6) is 11.5 Å². The van der Waals surface area contributed by atoms with Crippen molar-refractivity contribution in [3.63, 3.8) is 0 Å². The molecule has 0 atom stereocenters. The van der Waals surface area contributed by atoms with Gasteiger partial charge in [-0.2, -0.15) is 0 Å². The molecule has 0 aliphatic carbocycles. The first-order valence-electron chi connectivity index (χ1n) is 7.84. The second-order valence-electron chi connectivity index (χ2n) is 5.06. The fourth-order valence-corrected chi connectivity index (χ4v) is 2.54. The van der Waals surface area contributed by atoms with Crippen molar-refractivity contribution in [2.24, 2.45) is 0 Å². The van der Waals surface area contributed by atoms with Gasteiger partial charge in [-0.3, -0.25) is 9.59 Å². The van der Waals surface area contributed by atoms with Gasteiger partial charge >= 0.3 is 0 Å². The van der Waals surface area contributed by atoms with E-state index in [2.05, 4.69) is 20.8 Å². The smallest absolute Gasteiger partial charge is 0.234 e. The largest absolute Gasteiger partial charge is 0.497 e. The third kappa shape index (κ3) is 5.62. The Labute approximate surface area is 155 Å². The van der Waals surface area contributed by atoms with Crippen LogP contribution < -0.4 is 20.1 Å². The lowest BCUT2D eigenvalue weighted by atomic mass is 10.2. The Bertz CT molecular complexity index is 768. The topological polar surface area (TPSA) is 102 Å². The number of carbonyl (C=O) groups excluding carboxylic acids is 2. The summed E-state index contributed by atoms with van der Waals surface area (Å²) in [4.78, 5) is 23.4. The maximum Gasteiger partial charge on any atom is 0.234 e. The molecule has 1 heterocycles. The first-order chi connectivity index (χ1) is 12.5. The highest BCUT2D eigenvalue weighted by Crippen LogP contribution is 2.29. The molecule has 0 unspecified atom stereocenters. The first kappa shape index (κ1) is 19.5. The molecule has 2 N–H and O–H groups in total. The van der Waals surface area contributed by atoms with Crippen LogP contribution in [0.4, 0.5) is 11.5 Å². The standard InChI is InChI=1S/C17H20N4O4S/c1-4-15(22)19-14-7-8-17(21-20-14)26-10-16(23)18-12-6-5-11(24-2)9-13(12)25-3/h5-9H,4,10H2,1-3H3,(H,18,23)(H,19,20,22). The minimum absolute atomic E-state index is 0.132. The number of methoxy groups -OCH3 is 2. The molecule has 26 heavy (non-hydrogen) atoms. The van der Waals surface area contributed by atoms with Crippen molar-refractivity contribution in [3.05, 3.63) is 30.3 Å². The molecule has 8 nitrogen and oxygen atoms in total. The lowest BCUT2D eigenvalue weighted by Gasteiger charge is -2.11. The van der Waals surface area contributed by atoms with Gasteiger partial charge in [-0.05, 0) is 24.3 Å². The Hall–Kier alpha value is -2.81. The Balaban J connectivity index is 1.90. The van der Waals surface area contributed by atoms with E-state index in [0.29, 0.717) is 34.5 Å². The third-order valence-electron chi connectivity index (χ3n) is 3.26. The quantitative estimate of drug-likeness (QED) is 0.683. The summed E-state index contributed by atoms with van der Waals surface area (Å²) in [6, 6.07) is 8.49. The van der Waals surface area contributed by atoms with Gasteiger partial charge in [0.25, 0.3) is 0 Å². The normalized spacial score (nSPS) is 10.1. The summed E-state index contributed by atoms with van der Waals surface area (Å²) in [7, 11) is 3.08. The predicted octanol–water partition coefficient (Wildman–Crippen LogP) is 2.57. The van der Waals surface area contributed by atoms with Gasteiger partial charge in [0, 0.05) is 12.5 Å². The van der Waals surface area contributed by atoms with Crippen LogP contribution >= 0.6 is 11.8 Å². The predicted molar refractivity (Wildman–Crippen MR) is 99.9 cm³/mol. The van der Waals surface area contributed by atoms with Crippen LogP contribution in [0, 0.1) is 0 Å². The van der Waals surface area contributed by atoms with E-state index in [1.165, 1.54) is 18.9 Å². The summed E-state index contributed by atoms with van der Waals surface area (Å²) in [5, 5.41) is 13.9. The molecule has 9 heteroatoms. The average molecular weight is 376 g/mol. The molecule has 0 saturated carbocycles. The number of amides is 2.